The van der Waals surface area contributed by atoms with E-state index in [9.17, 15) is 0 Å². The lowest BCUT2D eigenvalue weighted by atomic mass is 9.92. The van der Waals surface area contributed by atoms with E-state index in [2.05, 4.69) is 30.9 Å². The van der Waals surface area contributed by atoms with Crippen molar-refractivity contribution in [2.45, 2.75) is 12.8 Å². The quantitative estimate of drug-likeness (QED) is 0.514. The second kappa shape index (κ2) is 2.12. The van der Waals surface area contributed by atoms with Crippen molar-refractivity contribution in [3.8, 4) is 0 Å². The molecule has 2 rings (SSSR count). The second-order valence-corrected chi connectivity index (χ2v) is 3.18. The molecule has 2 aliphatic rings. The Balaban J connectivity index is 2.13. The first kappa shape index (κ1) is 5.96. The van der Waals surface area contributed by atoms with Crippen LogP contribution in [0.4, 0.5) is 0 Å². The van der Waals surface area contributed by atoms with E-state index in [1.54, 1.807) is 0 Å². The third kappa shape index (κ3) is 0.942. The van der Waals surface area contributed by atoms with Gasteiger partial charge in [0.05, 0.1) is 0 Å². The van der Waals surface area contributed by atoms with Crippen LogP contribution >= 0.6 is 0 Å². The van der Waals surface area contributed by atoms with Gasteiger partial charge in [-0.1, -0.05) is 30.9 Å². The summed E-state index contributed by atoms with van der Waals surface area (Å²) in [6.07, 6.45) is 11.4. The van der Waals surface area contributed by atoms with Crippen molar-refractivity contribution < 1.29 is 0 Å². The van der Waals surface area contributed by atoms with Gasteiger partial charge in [0.1, 0.15) is 0 Å². The van der Waals surface area contributed by atoms with Crippen LogP contribution in [0, 0.1) is 11.8 Å². The fraction of sp³-hybridized carbons (Fsp3) is 0.400. The summed E-state index contributed by atoms with van der Waals surface area (Å²) in [7, 11) is 0. The van der Waals surface area contributed by atoms with Crippen LogP contribution in [0.5, 0.6) is 0 Å². The lowest BCUT2D eigenvalue weighted by molar-refractivity contribution is 0.668. The first-order valence-corrected chi connectivity index (χ1v) is 3.91. The van der Waals surface area contributed by atoms with Gasteiger partial charge in [-0.3, -0.25) is 0 Å². The van der Waals surface area contributed by atoms with Crippen molar-refractivity contribution in [3.63, 3.8) is 0 Å². The molecule has 0 amide bonds. The Bertz CT molecular complexity index is 204. The molecule has 0 N–H and O–H groups in total. The first-order chi connectivity index (χ1) is 4.88. The predicted molar refractivity (Wildman–Crippen MR) is 43.6 cm³/mol. The van der Waals surface area contributed by atoms with Gasteiger partial charge in [-0.15, -0.1) is 0 Å². The van der Waals surface area contributed by atoms with E-state index in [1.165, 1.54) is 18.4 Å². The largest absolute Gasteiger partial charge is 0.0952 e. The zero-order valence-electron chi connectivity index (χ0n) is 6.09. The molecular formula is C10H12. The summed E-state index contributed by atoms with van der Waals surface area (Å²) in [6, 6.07) is 0. The van der Waals surface area contributed by atoms with Gasteiger partial charge in [0.2, 0.25) is 0 Å². The molecule has 0 spiro atoms. The molecule has 1 atom stereocenters. The molecule has 0 aliphatic heterocycles. The Morgan fingerprint density at radius 1 is 1.30 bits per heavy atom. The predicted octanol–water partition coefficient (Wildman–Crippen LogP) is 2.69. The minimum absolute atomic E-state index is 0.671. The maximum absolute atomic E-state index is 4.02. The topological polar surface area (TPSA) is 0 Å². The molecule has 10 heavy (non-hydrogen) atoms. The smallest absolute Gasteiger partial charge is 0.00435 e. The SMILES string of the molecule is C=C1C=CC=CC1C1CC1. The zero-order chi connectivity index (χ0) is 6.97. The Kier molecular flexibility index (Phi) is 1.26. The molecule has 52 valence electrons. The molecule has 0 saturated heterocycles. The Labute approximate surface area is 61.9 Å². The van der Waals surface area contributed by atoms with Crippen LogP contribution in [0.1, 0.15) is 12.8 Å². The summed E-state index contributed by atoms with van der Waals surface area (Å²) < 4.78 is 0. The van der Waals surface area contributed by atoms with Crippen LogP contribution in [0.2, 0.25) is 0 Å². The van der Waals surface area contributed by atoms with Gasteiger partial charge in [0.25, 0.3) is 0 Å². The third-order valence-electron chi connectivity index (χ3n) is 2.30. The van der Waals surface area contributed by atoms with Crippen molar-refractivity contribution in [1.82, 2.24) is 0 Å². The summed E-state index contributed by atoms with van der Waals surface area (Å²) in [5.41, 5.74) is 1.30. The Morgan fingerprint density at radius 2 is 2.10 bits per heavy atom. The van der Waals surface area contributed by atoms with Crippen LogP contribution in [0.25, 0.3) is 0 Å². The van der Waals surface area contributed by atoms with Crippen LogP contribution in [-0.4, -0.2) is 0 Å². The molecule has 1 saturated carbocycles. The van der Waals surface area contributed by atoms with Gasteiger partial charge in [0.15, 0.2) is 0 Å². The average Bonchev–Trinajstić information content (AvgIpc) is 2.71. The fourth-order valence-electron chi connectivity index (χ4n) is 1.51. The monoisotopic (exact) mass is 132 g/mol. The maximum atomic E-state index is 4.02. The van der Waals surface area contributed by atoms with Crippen molar-refractivity contribution in [2.75, 3.05) is 0 Å². The molecule has 0 aromatic heterocycles. The van der Waals surface area contributed by atoms with Crippen LogP contribution in [-0.2, 0) is 0 Å². The van der Waals surface area contributed by atoms with E-state index in [0.29, 0.717) is 5.92 Å². The van der Waals surface area contributed by atoms with E-state index in [0.717, 1.165) is 5.92 Å². The maximum Gasteiger partial charge on any atom is 0.00435 e. The van der Waals surface area contributed by atoms with Crippen molar-refractivity contribution in [3.05, 3.63) is 36.5 Å². The van der Waals surface area contributed by atoms with E-state index >= 15 is 0 Å². The molecule has 2 aliphatic carbocycles. The highest BCUT2D eigenvalue weighted by molar-refractivity contribution is 5.32. The van der Waals surface area contributed by atoms with Crippen molar-refractivity contribution >= 4 is 0 Å². The van der Waals surface area contributed by atoms with Gasteiger partial charge in [-0.2, -0.15) is 0 Å². The van der Waals surface area contributed by atoms with E-state index in [-0.39, 0.29) is 0 Å². The minimum atomic E-state index is 0.671. The van der Waals surface area contributed by atoms with E-state index in [4.69, 9.17) is 0 Å². The number of hydrogen-bond acceptors (Lipinski definition) is 0. The highest BCUT2D eigenvalue weighted by Gasteiger charge is 2.30. The van der Waals surface area contributed by atoms with E-state index < -0.39 is 0 Å². The van der Waals surface area contributed by atoms with Gasteiger partial charge < -0.3 is 0 Å². The highest BCUT2D eigenvalue weighted by Crippen LogP contribution is 2.41. The average molecular weight is 132 g/mol. The summed E-state index contributed by atoms with van der Waals surface area (Å²) in [6.45, 7) is 4.02. The Morgan fingerprint density at radius 3 is 2.70 bits per heavy atom. The Hall–Kier alpha value is -0.780. The second-order valence-electron chi connectivity index (χ2n) is 3.18. The van der Waals surface area contributed by atoms with Gasteiger partial charge in [-0.25, -0.2) is 0 Å². The zero-order valence-corrected chi connectivity index (χ0v) is 6.09. The molecule has 0 aromatic rings. The van der Waals surface area contributed by atoms with Crippen molar-refractivity contribution in [1.29, 1.82) is 0 Å². The third-order valence-corrected chi connectivity index (χ3v) is 2.30. The number of hydrogen-bond donors (Lipinski definition) is 0. The van der Waals surface area contributed by atoms with Gasteiger partial charge >= 0.3 is 0 Å². The summed E-state index contributed by atoms with van der Waals surface area (Å²) in [5.74, 6) is 1.60. The molecule has 1 fully saturated rings. The standard InChI is InChI=1S/C10H12/c1-8-4-2-3-5-10(8)9-6-7-9/h2-5,9-10H,1,6-7H2. The number of allylic oxidation sites excluding steroid dienone is 5. The van der Waals surface area contributed by atoms with Crippen LogP contribution < -0.4 is 0 Å². The minimum Gasteiger partial charge on any atom is -0.0952 e. The molecule has 1 unspecified atom stereocenters. The highest BCUT2D eigenvalue weighted by atomic mass is 14.3. The van der Waals surface area contributed by atoms with Crippen LogP contribution in [0.3, 0.4) is 0 Å². The molecule has 0 aromatic carbocycles. The number of rotatable bonds is 1. The van der Waals surface area contributed by atoms with Crippen LogP contribution in [0.15, 0.2) is 36.5 Å². The molecule has 0 nitrogen and oxygen atoms in total. The molecule has 0 radical (unpaired) electrons. The summed E-state index contributed by atoms with van der Waals surface area (Å²) in [4.78, 5) is 0. The molecule has 0 heterocycles. The first-order valence-electron chi connectivity index (χ1n) is 3.91. The van der Waals surface area contributed by atoms with Gasteiger partial charge in [0, 0.05) is 5.92 Å². The molecule has 0 heteroatoms. The lowest BCUT2D eigenvalue weighted by Crippen LogP contribution is -2.02. The van der Waals surface area contributed by atoms with E-state index in [1.807, 2.05) is 0 Å². The fourth-order valence-corrected chi connectivity index (χ4v) is 1.51. The van der Waals surface area contributed by atoms with Gasteiger partial charge in [-0.05, 0) is 24.3 Å². The normalized spacial score (nSPS) is 31.2. The summed E-state index contributed by atoms with van der Waals surface area (Å²) >= 11 is 0. The molecule has 0 bridgehead atoms. The summed E-state index contributed by atoms with van der Waals surface area (Å²) in [5, 5.41) is 0. The van der Waals surface area contributed by atoms with Crippen molar-refractivity contribution in [2.24, 2.45) is 11.8 Å². The lowest BCUT2D eigenvalue weighted by Gasteiger charge is -2.13. The molecular weight excluding hydrogens is 120 g/mol.